The van der Waals surface area contributed by atoms with E-state index >= 15 is 0 Å². The van der Waals surface area contributed by atoms with E-state index in [1.165, 1.54) is 12.1 Å². The Bertz CT molecular complexity index is 366. The molecule has 0 aliphatic carbocycles. The van der Waals surface area contributed by atoms with Gasteiger partial charge in [-0.15, -0.1) is 0 Å². The summed E-state index contributed by atoms with van der Waals surface area (Å²) in [4.78, 5) is 19.8. The molecule has 1 atom stereocenters. The summed E-state index contributed by atoms with van der Waals surface area (Å²) in [5.41, 5.74) is 0. The first-order valence-corrected chi connectivity index (χ1v) is 5.96. The Hall–Kier alpha value is -0.120. The van der Waals surface area contributed by atoms with E-state index in [2.05, 4.69) is 0 Å². The van der Waals surface area contributed by atoms with Crippen molar-refractivity contribution in [3.05, 3.63) is 30.3 Å². The Morgan fingerprint density at radius 1 is 1.27 bits per heavy atom. The fraction of sp³-hybridized carbons (Fsp3) is 0.222. The molecule has 0 bridgehead atoms. The molecule has 1 unspecified atom stereocenters. The summed E-state index contributed by atoms with van der Waals surface area (Å²) < 4.78 is 11.6. The molecule has 0 aliphatic rings. The zero-order chi connectivity index (χ0) is 10.6. The van der Waals surface area contributed by atoms with Crippen LogP contribution >= 0.6 is 7.37 Å². The average molecular weight is 237 g/mol. The van der Waals surface area contributed by atoms with Gasteiger partial charge in [-0.3, -0.25) is 9.36 Å². The number of carboxylic acid groups (broad SMARTS) is 1. The molecule has 0 aromatic heterocycles. The smallest absolute Gasteiger partial charge is 0.303 e. The minimum atomic E-state index is -3.48. The van der Waals surface area contributed by atoms with Crippen LogP contribution in [0.5, 0.6) is 0 Å². The molecule has 0 heterocycles. The maximum atomic E-state index is 11.6. The molecule has 4 nitrogen and oxygen atoms in total. The fourth-order valence-electron chi connectivity index (χ4n) is 1.04. The van der Waals surface area contributed by atoms with Gasteiger partial charge in [0.2, 0.25) is 7.37 Å². The van der Waals surface area contributed by atoms with E-state index in [4.69, 9.17) is 5.11 Å². The molecular formula is C9H11NaO4P. The van der Waals surface area contributed by atoms with Gasteiger partial charge < -0.3 is 10.00 Å². The first kappa shape index (κ1) is 14.9. The summed E-state index contributed by atoms with van der Waals surface area (Å²) in [5.74, 6) is -1.06. The van der Waals surface area contributed by atoms with Crippen LogP contribution in [-0.2, 0) is 9.36 Å². The maximum absolute atomic E-state index is 11.6. The predicted octanol–water partition coefficient (Wildman–Crippen LogP) is 0.676. The average Bonchev–Trinajstić information content (AvgIpc) is 2.16. The number of rotatable bonds is 4. The van der Waals surface area contributed by atoms with Crippen molar-refractivity contribution in [1.29, 1.82) is 0 Å². The Labute approximate surface area is 110 Å². The zero-order valence-electron chi connectivity index (χ0n) is 8.46. The summed E-state index contributed by atoms with van der Waals surface area (Å²) in [5, 5.41) is 8.70. The second-order valence-corrected chi connectivity index (χ2v) is 5.27. The fourth-order valence-corrected chi connectivity index (χ4v) is 2.43. The number of aliphatic carboxylic acids is 1. The Morgan fingerprint density at radius 3 is 2.27 bits per heavy atom. The zero-order valence-corrected chi connectivity index (χ0v) is 11.4. The quantitative estimate of drug-likeness (QED) is 0.596. The van der Waals surface area contributed by atoms with Crippen LogP contribution in [0.4, 0.5) is 0 Å². The van der Waals surface area contributed by atoms with Crippen LogP contribution in [0.1, 0.15) is 6.42 Å². The van der Waals surface area contributed by atoms with E-state index in [-0.39, 0.29) is 42.1 Å². The van der Waals surface area contributed by atoms with Crippen LogP contribution in [0.2, 0.25) is 0 Å². The molecular weight excluding hydrogens is 226 g/mol. The molecule has 0 amide bonds. The molecule has 1 aromatic carbocycles. The SMILES string of the molecule is O=C(O)CCP(=O)(O)c1ccccc1.[Na]. The molecule has 0 spiro atoms. The van der Waals surface area contributed by atoms with E-state index in [9.17, 15) is 14.3 Å². The Balaban J connectivity index is 0.00000196. The number of hydrogen-bond acceptors (Lipinski definition) is 2. The van der Waals surface area contributed by atoms with Crippen LogP contribution in [0, 0.1) is 0 Å². The summed E-state index contributed by atoms with van der Waals surface area (Å²) in [6, 6.07) is 8.10. The van der Waals surface area contributed by atoms with Gasteiger partial charge in [-0.05, 0) is 12.1 Å². The third-order valence-corrected chi connectivity index (χ3v) is 3.72. The molecule has 0 aliphatic heterocycles. The third-order valence-electron chi connectivity index (χ3n) is 1.79. The molecule has 0 saturated carbocycles. The van der Waals surface area contributed by atoms with Gasteiger partial charge in [0.05, 0.1) is 6.42 Å². The summed E-state index contributed by atoms with van der Waals surface area (Å²) in [7, 11) is -3.48. The van der Waals surface area contributed by atoms with Crippen LogP contribution < -0.4 is 5.30 Å². The van der Waals surface area contributed by atoms with Crippen molar-refractivity contribution in [2.75, 3.05) is 6.16 Å². The molecule has 15 heavy (non-hydrogen) atoms. The largest absolute Gasteiger partial charge is 0.481 e. The van der Waals surface area contributed by atoms with Crippen molar-refractivity contribution in [3.63, 3.8) is 0 Å². The van der Waals surface area contributed by atoms with Crippen molar-refractivity contribution < 1.29 is 19.4 Å². The van der Waals surface area contributed by atoms with E-state index in [1.807, 2.05) is 0 Å². The number of carboxylic acids is 1. The molecule has 77 valence electrons. The summed E-state index contributed by atoms with van der Waals surface area (Å²) >= 11 is 0. The molecule has 6 heteroatoms. The third kappa shape index (κ3) is 4.96. The van der Waals surface area contributed by atoms with Crippen LogP contribution in [0.3, 0.4) is 0 Å². The van der Waals surface area contributed by atoms with Crippen molar-refractivity contribution in [2.45, 2.75) is 6.42 Å². The predicted molar refractivity (Wildman–Crippen MR) is 58.8 cm³/mol. The van der Waals surface area contributed by atoms with Gasteiger partial charge in [-0.2, -0.15) is 0 Å². The first-order chi connectivity index (χ1) is 6.52. The first-order valence-electron chi connectivity index (χ1n) is 4.11. The van der Waals surface area contributed by atoms with Crippen LogP contribution in [0.25, 0.3) is 0 Å². The van der Waals surface area contributed by atoms with Crippen LogP contribution in [-0.4, -0.2) is 51.7 Å². The number of benzene rings is 1. The molecule has 0 fully saturated rings. The second-order valence-electron chi connectivity index (χ2n) is 2.90. The summed E-state index contributed by atoms with van der Waals surface area (Å²) in [6.45, 7) is 0. The topological polar surface area (TPSA) is 74.6 Å². The van der Waals surface area contributed by atoms with E-state index in [1.54, 1.807) is 18.2 Å². The van der Waals surface area contributed by atoms with Gasteiger partial charge >= 0.3 is 5.97 Å². The molecule has 1 radical (unpaired) electrons. The Morgan fingerprint density at radius 2 is 1.80 bits per heavy atom. The van der Waals surface area contributed by atoms with Gasteiger partial charge in [0.25, 0.3) is 0 Å². The van der Waals surface area contributed by atoms with Crippen molar-refractivity contribution in [1.82, 2.24) is 0 Å². The van der Waals surface area contributed by atoms with Gasteiger partial charge in [-0.1, -0.05) is 18.2 Å². The van der Waals surface area contributed by atoms with Gasteiger partial charge in [0, 0.05) is 41.0 Å². The van der Waals surface area contributed by atoms with Crippen molar-refractivity contribution >= 4 is 48.2 Å². The minimum absolute atomic E-state index is 0. The molecule has 0 saturated heterocycles. The van der Waals surface area contributed by atoms with E-state index in [0.29, 0.717) is 5.30 Å². The van der Waals surface area contributed by atoms with Gasteiger partial charge in [-0.25, -0.2) is 0 Å². The number of hydrogen-bond donors (Lipinski definition) is 2. The maximum Gasteiger partial charge on any atom is 0.303 e. The molecule has 2 N–H and O–H groups in total. The molecule has 1 rings (SSSR count). The van der Waals surface area contributed by atoms with Gasteiger partial charge in [0.15, 0.2) is 0 Å². The second kappa shape index (κ2) is 6.46. The standard InChI is InChI=1S/C9H11O4P.Na/c10-9(11)6-7-14(12,13)8-4-2-1-3-5-8;/h1-5H,6-7H2,(H,10,11)(H,12,13);. The Kier molecular flexibility index (Phi) is 6.41. The van der Waals surface area contributed by atoms with Crippen LogP contribution in [0.15, 0.2) is 30.3 Å². The van der Waals surface area contributed by atoms with Crippen molar-refractivity contribution in [3.8, 4) is 0 Å². The minimum Gasteiger partial charge on any atom is -0.481 e. The monoisotopic (exact) mass is 237 g/mol. The molecule has 1 aromatic rings. The normalized spacial score (nSPS) is 13.7. The van der Waals surface area contributed by atoms with Gasteiger partial charge in [0.1, 0.15) is 0 Å². The van der Waals surface area contributed by atoms with E-state index in [0.717, 1.165) is 0 Å². The van der Waals surface area contributed by atoms with Crippen molar-refractivity contribution in [2.24, 2.45) is 0 Å². The summed E-state index contributed by atoms with van der Waals surface area (Å²) in [6.07, 6.45) is -0.505. The van der Waals surface area contributed by atoms with E-state index < -0.39 is 13.3 Å². The number of carbonyl (C=O) groups is 1.